The molecule has 1 saturated heterocycles. The maximum Gasteiger partial charge on any atom is 0.161 e. The molecule has 1 aliphatic rings. The minimum Gasteiger partial charge on any atom is -0.368 e. The lowest BCUT2D eigenvalue weighted by atomic mass is 10.2. The first kappa shape index (κ1) is 13.2. The van der Waals surface area contributed by atoms with E-state index in [1.54, 1.807) is 0 Å². The van der Waals surface area contributed by atoms with E-state index in [-0.39, 0.29) is 6.10 Å². The zero-order valence-corrected chi connectivity index (χ0v) is 11.2. The number of anilines is 1. The number of hydrogen-bond donors (Lipinski definition) is 2. The highest BCUT2D eigenvalue weighted by Gasteiger charge is 2.24. The second-order valence-electron chi connectivity index (χ2n) is 4.54. The van der Waals surface area contributed by atoms with Crippen molar-refractivity contribution in [3.63, 3.8) is 0 Å². The molecule has 0 aromatic carbocycles. The van der Waals surface area contributed by atoms with Gasteiger partial charge in [-0.3, -0.25) is 4.90 Å². The quantitative estimate of drug-likeness (QED) is 0.610. The summed E-state index contributed by atoms with van der Waals surface area (Å²) in [5.41, 5.74) is 4.53. The number of nitrogens with zero attached hydrogens (tertiary/aromatic N) is 3. The van der Waals surface area contributed by atoms with E-state index in [4.69, 9.17) is 10.6 Å². The molecule has 2 heterocycles. The van der Waals surface area contributed by atoms with Crippen molar-refractivity contribution >= 4 is 5.82 Å². The van der Waals surface area contributed by atoms with E-state index in [0.29, 0.717) is 11.6 Å². The molecule has 0 bridgehead atoms. The molecular formula is C12H21N5O. The first-order chi connectivity index (χ1) is 8.65. The molecule has 1 unspecified atom stereocenters. The summed E-state index contributed by atoms with van der Waals surface area (Å²) >= 11 is 0. The van der Waals surface area contributed by atoms with Crippen LogP contribution in [0.1, 0.15) is 30.1 Å². The smallest absolute Gasteiger partial charge is 0.161 e. The molecule has 1 atom stereocenters. The van der Waals surface area contributed by atoms with Crippen LogP contribution in [-0.2, 0) is 4.74 Å². The summed E-state index contributed by atoms with van der Waals surface area (Å²) in [6.45, 7) is 9.61. The number of hydrogen-bond acceptors (Lipinski definition) is 6. The Hall–Kier alpha value is -1.24. The van der Waals surface area contributed by atoms with Crippen LogP contribution in [0.15, 0.2) is 0 Å². The third-order valence-corrected chi connectivity index (χ3v) is 3.43. The summed E-state index contributed by atoms with van der Waals surface area (Å²) < 4.78 is 5.76. The molecule has 6 nitrogen and oxygen atoms in total. The molecule has 0 saturated carbocycles. The topological polar surface area (TPSA) is 76.3 Å². The van der Waals surface area contributed by atoms with Crippen molar-refractivity contribution < 1.29 is 4.74 Å². The van der Waals surface area contributed by atoms with Crippen LogP contribution >= 0.6 is 0 Å². The van der Waals surface area contributed by atoms with Gasteiger partial charge in [0.05, 0.1) is 6.61 Å². The van der Waals surface area contributed by atoms with Gasteiger partial charge in [0.2, 0.25) is 0 Å². The van der Waals surface area contributed by atoms with E-state index in [1.807, 2.05) is 13.8 Å². The fourth-order valence-electron chi connectivity index (χ4n) is 2.08. The van der Waals surface area contributed by atoms with Crippen molar-refractivity contribution in [3.8, 4) is 0 Å². The van der Waals surface area contributed by atoms with Crippen molar-refractivity contribution in [2.75, 3.05) is 31.7 Å². The molecule has 3 N–H and O–H groups in total. The Balaban J connectivity index is 2.24. The monoisotopic (exact) mass is 251 g/mol. The van der Waals surface area contributed by atoms with Gasteiger partial charge in [0.15, 0.2) is 5.82 Å². The molecule has 100 valence electrons. The van der Waals surface area contributed by atoms with Crippen LogP contribution in [0.4, 0.5) is 5.82 Å². The zero-order chi connectivity index (χ0) is 13.1. The highest BCUT2D eigenvalue weighted by Crippen LogP contribution is 2.22. The van der Waals surface area contributed by atoms with Crippen LogP contribution < -0.4 is 11.3 Å². The fourth-order valence-corrected chi connectivity index (χ4v) is 2.08. The molecule has 2 rings (SSSR count). The Morgan fingerprint density at radius 1 is 1.44 bits per heavy atom. The number of aryl methyl sites for hydroxylation is 1. The molecule has 1 aromatic rings. The number of aromatic nitrogens is 2. The summed E-state index contributed by atoms with van der Waals surface area (Å²) in [5, 5.41) is 0. The molecule has 0 spiro atoms. The Morgan fingerprint density at radius 3 is 2.89 bits per heavy atom. The maximum absolute atomic E-state index is 5.76. The number of rotatable bonds is 3. The summed E-state index contributed by atoms with van der Waals surface area (Å²) in [6.07, 6.45) is -0.0647. The lowest BCUT2D eigenvalue weighted by Crippen LogP contribution is -2.38. The molecule has 0 aliphatic carbocycles. The van der Waals surface area contributed by atoms with Crippen LogP contribution in [-0.4, -0.2) is 41.1 Å². The Labute approximate surface area is 108 Å². The maximum atomic E-state index is 5.76. The summed E-state index contributed by atoms with van der Waals surface area (Å²) in [4.78, 5) is 11.3. The summed E-state index contributed by atoms with van der Waals surface area (Å²) in [5.74, 6) is 6.87. The highest BCUT2D eigenvalue weighted by molar-refractivity contribution is 5.44. The van der Waals surface area contributed by atoms with E-state index < -0.39 is 0 Å². The third kappa shape index (κ3) is 2.60. The molecule has 1 aliphatic heterocycles. The van der Waals surface area contributed by atoms with Gasteiger partial charge in [0, 0.05) is 24.3 Å². The van der Waals surface area contributed by atoms with Crippen LogP contribution in [0, 0.1) is 13.8 Å². The van der Waals surface area contributed by atoms with Gasteiger partial charge in [0.25, 0.3) is 0 Å². The molecule has 18 heavy (non-hydrogen) atoms. The largest absolute Gasteiger partial charge is 0.368 e. The first-order valence-corrected chi connectivity index (χ1v) is 6.31. The minimum absolute atomic E-state index is 0.0647. The van der Waals surface area contributed by atoms with E-state index in [1.165, 1.54) is 0 Å². The van der Waals surface area contributed by atoms with Gasteiger partial charge < -0.3 is 10.2 Å². The molecule has 0 amide bonds. The number of hydrazine groups is 1. The van der Waals surface area contributed by atoms with Crippen molar-refractivity contribution in [3.05, 3.63) is 17.1 Å². The number of morpholine rings is 1. The van der Waals surface area contributed by atoms with E-state index in [2.05, 4.69) is 27.2 Å². The number of ether oxygens (including phenoxy) is 1. The Kier molecular flexibility index (Phi) is 4.11. The average molecular weight is 251 g/mol. The van der Waals surface area contributed by atoms with Crippen LogP contribution in [0.2, 0.25) is 0 Å². The Bertz CT molecular complexity index is 423. The van der Waals surface area contributed by atoms with Crippen molar-refractivity contribution in [1.29, 1.82) is 0 Å². The van der Waals surface area contributed by atoms with Crippen molar-refractivity contribution in [2.24, 2.45) is 5.84 Å². The van der Waals surface area contributed by atoms with Crippen molar-refractivity contribution in [2.45, 2.75) is 26.9 Å². The molecular weight excluding hydrogens is 230 g/mol. The lowest BCUT2D eigenvalue weighted by molar-refractivity contribution is -0.0325. The lowest BCUT2D eigenvalue weighted by Gasteiger charge is -2.31. The molecule has 6 heteroatoms. The van der Waals surface area contributed by atoms with E-state index in [9.17, 15) is 0 Å². The van der Waals surface area contributed by atoms with Gasteiger partial charge in [-0.2, -0.15) is 0 Å². The SMILES string of the molecule is CCN1CCOC(c2nc(C)c(C)c(NN)n2)C1. The summed E-state index contributed by atoms with van der Waals surface area (Å²) in [7, 11) is 0. The standard InChI is InChI=1S/C12H21N5O/c1-4-17-5-6-18-10(7-17)12-14-9(3)8(2)11(15-12)16-13/h10H,4-7,13H2,1-3H3,(H,14,15,16). The van der Waals surface area contributed by atoms with Gasteiger partial charge in [-0.15, -0.1) is 0 Å². The zero-order valence-electron chi connectivity index (χ0n) is 11.2. The first-order valence-electron chi connectivity index (χ1n) is 6.31. The van der Waals surface area contributed by atoms with Gasteiger partial charge in [-0.25, -0.2) is 15.8 Å². The van der Waals surface area contributed by atoms with Gasteiger partial charge in [-0.1, -0.05) is 6.92 Å². The summed E-state index contributed by atoms with van der Waals surface area (Å²) in [6, 6.07) is 0. The van der Waals surface area contributed by atoms with Crippen molar-refractivity contribution in [1.82, 2.24) is 14.9 Å². The van der Waals surface area contributed by atoms with Gasteiger partial charge >= 0.3 is 0 Å². The van der Waals surface area contributed by atoms with Gasteiger partial charge in [-0.05, 0) is 20.4 Å². The normalized spacial score (nSPS) is 21.0. The molecule has 0 radical (unpaired) electrons. The van der Waals surface area contributed by atoms with Crippen LogP contribution in [0.5, 0.6) is 0 Å². The third-order valence-electron chi connectivity index (χ3n) is 3.43. The Morgan fingerprint density at radius 2 is 2.22 bits per heavy atom. The number of nitrogens with one attached hydrogen (secondary N) is 1. The minimum atomic E-state index is -0.0647. The highest BCUT2D eigenvalue weighted by atomic mass is 16.5. The molecule has 1 aromatic heterocycles. The second kappa shape index (κ2) is 5.60. The fraction of sp³-hybridized carbons (Fsp3) is 0.667. The van der Waals surface area contributed by atoms with Gasteiger partial charge in [0.1, 0.15) is 11.9 Å². The van der Waals surface area contributed by atoms with E-state index >= 15 is 0 Å². The average Bonchev–Trinajstić information content (AvgIpc) is 2.41. The van der Waals surface area contributed by atoms with E-state index in [0.717, 1.165) is 37.5 Å². The predicted molar refractivity (Wildman–Crippen MR) is 70.1 cm³/mol. The number of nitrogens with two attached hydrogens (primary N) is 1. The number of nitrogen functional groups attached to an aromatic ring is 1. The van der Waals surface area contributed by atoms with Crippen LogP contribution in [0.3, 0.4) is 0 Å². The molecule has 1 fully saturated rings. The second-order valence-corrected chi connectivity index (χ2v) is 4.54. The number of likely N-dealkylation sites (N-methyl/N-ethyl adjacent to an activating group) is 1. The van der Waals surface area contributed by atoms with Crippen LogP contribution in [0.25, 0.3) is 0 Å². The predicted octanol–water partition coefficient (Wildman–Crippen LogP) is 0.772.